The van der Waals surface area contributed by atoms with Gasteiger partial charge in [-0.15, -0.1) is 0 Å². The van der Waals surface area contributed by atoms with Crippen molar-refractivity contribution in [2.24, 2.45) is 5.92 Å². The molecule has 130 valence electrons. The molecule has 2 heterocycles. The number of nitrogen functional groups attached to an aromatic ring is 1. The van der Waals surface area contributed by atoms with E-state index in [9.17, 15) is 4.79 Å². The summed E-state index contributed by atoms with van der Waals surface area (Å²) in [6.45, 7) is 3.70. The fourth-order valence-electron chi connectivity index (χ4n) is 4.08. The van der Waals surface area contributed by atoms with Crippen molar-refractivity contribution in [3.05, 3.63) is 59.7 Å². The molecule has 0 saturated carbocycles. The van der Waals surface area contributed by atoms with Crippen LogP contribution in [0.1, 0.15) is 24.0 Å². The van der Waals surface area contributed by atoms with Gasteiger partial charge in [0.2, 0.25) is 5.91 Å². The minimum Gasteiger partial charge on any atom is -0.399 e. The number of carbonyl (C=O) groups excluding carboxylic acids is 1. The van der Waals surface area contributed by atoms with Gasteiger partial charge < -0.3 is 10.6 Å². The minimum atomic E-state index is 0.156. The maximum Gasteiger partial charge on any atom is 0.230 e. The van der Waals surface area contributed by atoms with E-state index in [1.165, 1.54) is 11.1 Å². The van der Waals surface area contributed by atoms with E-state index in [1.54, 1.807) is 0 Å². The van der Waals surface area contributed by atoms with E-state index < -0.39 is 0 Å². The van der Waals surface area contributed by atoms with E-state index in [0.717, 1.165) is 56.8 Å². The van der Waals surface area contributed by atoms with Crippen LogP contribution in [-0.2, 0) is 17.8 Å². The maximum atomic E-state index is 13.0. The van der Waals surface area contributed by atoms with Gasteiger partial charge in [0, 0.05) is 30.4 Å². The molecule has 4 rings (SSSR count). The Kier molecular flexibility index (Phi) is 4.45. The summed E-state index contributed by atoms with van der Waals surface area (Å²) in [4.78, 5) is 17.4. The Morgan fingerprint density at radius 2 is 1.84 bits per heavy atom. The van der Waals surface area contributed by atoms with Gasteiger partial charge in [-0.3, -0.25) is 9.69 Å². The normalized spacial score (nSPS) is 18.3. The number of amides is 1. The first-order chi connectivity index (χ1) is 12.2. The largest absolute Gasteiger partial charge is 0.399 e. The molecular weight excluding hydrogens is 310 g/mol. The number of hydrogen-bond donors (Lipinski definition) is 1. The summed E-state index contributed by atoms with van der Waals surface area (Å²) in [6.07, 6.45) is 2.87. The van der Waals surface area contributed by atoms with Crippen molar-refractivity contribution >= 4 is 17.3 Å². The van der Waals surface area contributed by atoms with E-state index in [-0.39, 0.29) is 5.92 Å². The summed E-state index contributed by atoms with van der Waals surface area (Å²) in [5.41, 5.74) is 10.4. The molecule has 2 N–H and O–H groups in total. The SMILES string of the molecule is Nc1cccc(CN2CCC(C(=O)N3CCc4ccccc43)CC2)c1. The molecule has 0 unspecified atom stereocenters. The molecule has 4 nitrogen and oxygen atoms in total. The fraction of sp³-hybridized carbons (Fsp3) is 0.381. The average molecular weight is 335 g/mol. The number of benzene rings is 2. The van der Waals surface area contributed by atoms with Crippen molar-refractivity contribution in [3.8, 4) is 0 Å². The molecule has 0 aromatic heterocycles. The minimum absolute atomic E-state index is 0.156. The molecule has 2 aliphatic heterocycles. The topological polar surface area (TPSA) is 49.6 Å². The van der Waals surface area contributed by atoms with Crippen LogP contribution in [0.4, 0.5) is 11.4 Å². The second-order valence-electron chi connectivity index (χ2n) is 7.16. The number of likely N-dealkylation sites (tertiary alicyclic amines) is 1. The van der Waals surface area contributed by atoms with Crippen molar-refractivity contribution in [1.29, 1.82) is 0 Å². The van der Waals surface area contributed by atoms with Crippen molar-refractivity contribution < 1.29 is 4.79 Å². The maximum absolute atomic E-state index is 13.0. The molecule has 25 heavy (non-hydrogen) atoms. The Balaban J connectivity index is 1.35. The van der Waals surface area contributed by atoms with Gasteiger partial charge in [-0.2, -0.15) is 0 Å². The Bertz CT molecular complexity index is 765. The molecule has 0 aliphatic carbocycles. The van der Waals surface area contributed by atoms with Gasteiger partial charge in [-0.1, -0.05) is 30.3 Å². The molecule has 0 atom stereocenters. The predicted octanol–water partition coefficient (Wildman–Crippen LogP) is 3.07. The van der Waals surface area contributed by atoms with Crippen LogP contribution in [0.5, 0.6) is 0 Å². The fourth-order valence-corrected chi connectivity index (χ4v) is 4.08. The highest BCUT2D eigenvalue weighted by Crippen LogP contribution is 2.31. The lowest BCUT2D eigenvalue weighted by atomic mass is 9.95. The second-order valence-corrected chi connectivity index (χ2v) is 7.16. The lowest BCUT2D eigenvalue weighted by Crippen LogP contribution is -2.41. The molecule has 0 bridgehead atoms. The van der Waals surface area contributed by atoms with Gasteiger partial charge in [-0.25, -0.2) is 0 Å². The molecule has 1 fully saturated rings. The number of para-hydroxylation sites is 1. The highest BCUT2D eigenvalue weighted by atomic mass is 16.2. The molecule has 2 aromatic carbocycles. The van der Waals surface area contributed by atoms with Crippen LogP contribution in [0.25, 0.3) is 0 Å². The van der Waals surface area contributed by atoms with Gasteiger partial charge in [0.15, 0.2) is 0 Å². The van der Waals surface area contributed by atoms with Crippen LogP contribution >= 0.6 is 0 Å². The molecule has 0 spiro atoms. The average Bonchev–Trinajstić information content (AvgIpc) is 3.06. The summed E-state index contributed by atoms with van der Waals surface area (Å²) in [5, 5.41) is 0. The summed E-state index contributed by atoms with van der Waals surface area (Å²) in [6, 6.07) is 16.4. The molecule has 1 amide bonds. The third-order valence-corrected chi connectivity index (χ3v) is 5.45. The molecule has 4 heteroatoms. The number of hydrogen-bond acceptors (Lipinski definition) is 3. The van der Waals surface area contributed by atoms with Crippen molar-refractivity contribution in [1.82, 2.24) is 4.90 Å². The first-order valence-electron chi connectivity index (χ1n) is 9.17. The third kappa shape index (κ3) is 3.40. The van der Waals surface area contributed by atoms with Crippen LogP contribution in [0.3, 0.4) is 0 Å². The van der Waals surface area contributed by atoms with Crippen LogP contribution in [0, 0.1) is 5.92 Å². The zero-order valence-corrected chi connectivity index (χ0v) is 14.5. The molecule has 1 saturated heterocycles. The highest BCUT2D eigenvalue weighted by Gasteiger charge is 2.32. The Labute approximate surface area is 149 Å². The number of anilines is 2. The smallest absolute Gasteiger partial charge is 0.230 e. The van der Waals surface area contributed by atoms with E-state index in [4.69, 9.17) is 5.73 Å². The molecule has 2 aliphatic rings. The van der Waals surface area contributed by atoms with Gasteiger partial charge >= 0.3 is 0 Å². The quantitative estimate of drug-likeness (QED) is 0.877. The standard InChI is InChI=1S/C21H25N3O/c22-19-6-3-4-16(14-19)15-23-11-8-18(9-12-23)21(25)24-13-10-17-5-1-2-7-20(17)24/h1-7,14,18H,8-13,15,22H2. The van der Waals surface area contributed by atoms with Gasteiger partial charge in [0.25, 0.3) is 0 Å². The van der Waals surface area contributed by atoms with Crippen LogP contribution in [0.2, 0.25) is 0 Å². The van der Waals surface area contributed by atoms with E-state index in [2.05, 4.69) is 29.2 Å². The number of carbonyl (C=O) groups is 1. The van der Waals surface area contributed by atoms with Crippen molar-refractivity contribution in [2.45, 2.75) is 25.8 Å². The number of nitrogens with zero attached hydrogens (tertiary/aromatic N) is 2. The van der Waals surface area contributed by atoms with Crippen molar-refractivity contribution in [3.63, 3.8) is 0 Å². The lowest BCUT2D eigenvalue weighted by Gasteiger charge is -2.33. The summed E-state index contributed by atoms with van der Waals surface area (Å²) < 4.78 is 0. The number of nitrogens with two attached hydrogens (primary N) is 1. The number of fused-ring (bicyclic) bond motifs is 1. The summed E-state index contributed by atoms with van der Waals surface area (Å²) in [5.74, 6) is 0.469. The zero-order valence-electron chi connectivity index (χ0n) is 14.5. The zero-order chi connectivity index (χ0) is 17.2. The van der Waals surface area contributed by atoms with Crippen molar-refractivity contribution in [2.75, 3.05) is 30.3 Å². The summed E-state index contributed by atoms with van der Waals surface area (Å²) in [7, 11) is 0. The Hall–Kier alpha value is -2.33. The molecule has 0 radical (unpaired) electrons. The van der Waals surface area contributed by atoms with Gasteiger partial charge in [0.1, 0.15) is 0 Å². The van der Waals surface area contributed by atoms with Crippen LogP contribution < -0.4 is 10.6 Å². The Morgan fingerprint density at radius 1 is 1.04 bits per heavy atom. The highest BCUT2D eigenvalue weighted by molar-refractivity contribution is 5.97. The lowest BCUT2D eigenvalue weighted by molar-refractivity contribution is -0.123. The van der Waals surface area contributed by atoms with Gasteiger partial charge in [0.05, 0.1) is 0 Å². The third-order valence-electron chi connectivity index (χ3n) is 5.45. The van der Waals surface area contributed by atoms with E-state index in [0.29, 0.717) is 5.91 Å². The molecular formula is C21H25N3O. The Morgan fingerprint density at radius 3 is 2.64 bits per heavy atom. The molecule has 2 aromatic rings. The number of rotatable bonds is 3. The second kappa shape index (κ2) is 6.89. The van der Waals surface area contributed by atoms with E-state index in [1.807, 2.05) is 29.2 Å². The van der Waals surface area contributed by atoms with E-state index >= 15 is 0 Å². The number of piperidine rings is 1. The summed E-state index contributed by atoms with van der Waals surface area (Å²) >= 11 is 0. The predicted molar refractivity (Wildman–Crippen MR) is 101 cm³/mol. The van der Waals surface area contributed by atoms with Crippen LogP contribution in [0.15, 0.2) is 48.5 Å². The van der Waals surface area contributed by atoms with Gasteiger partial charge in [-0.05, 0) is 61.7 Å². The first-order valence-corrected chi connectivity index (χ1v) is 9.17. The monoisotopic (exact) mass is 335 g/mol. The van der Waals surface area contributed by atoms with Crippen LogP contribution in [-0.4, -0.2) is 30.4 Å². The first kappa shape index (κ1) is 16.2.